The molecule has 2 aliphatic rings. The normalized spacial score (nSPS) is 15.3. The van der Waals surface area contributed by atoms with Crippen LogP contribution in [0.15, 0.2) is 30.5 Å². The van der Waals surface area contributed by atoms with Gasteiger partial charge in [0.1, 0.15) is 5.82 Å². The second-order valence-electron chi connectivity index (χ2n) is 9.50. The van der Waals surface area contributed by atoms with Gasteiger partial charge in [0, 0.05) is 49.8 Å². The molecule has 1 fully saturated rings. The van der Waals surface area contributed by atoms with Gasteiger partial charge >= 0.3 is 0 Å². The van der Waals surface area contributed by atoms with E-state index >= 15 is 0 Å². The maximum atomic E-state index is 12.5. The summed E-state index contributed by atoms with van der Waals surface area (Å²) >= 11 is 0. The van der Waals surface area contributed by atoms with Crippen LogP contribution in [0, 0.1) is 13.5 Å². The van der Waals surface area contributed by atoms with E-state index in [0.717, 1.165) is 58.0 Å². The van der Waals surface area contributed by atoms with Crippen LogP contribution in [-0.2, 0) is 24.9 Å². The predicted molar refractivity (Wildman–Crippen MR) is 134 cm³/mol. The van der Waals surface area contributed by atoms with Gasteiger partial charge in [0.05, 0.1) is 41.4 Å². The highest BCUT2D eigenvalue weighted by atomic mass is 16.2. The maximum Gasteiger partial charge on any atom is 0.222 e. The zero-order chi connectivity index (χ0) is 24.3. The lowest BCUT2D eigenvalue weighted by Crippen LogP contribution is -2.38. The Hall–Kier alpha value is -3.99. The fourth-order valence-electron chi connectivity index (χ4n) is 5.21. The van der Waals surface area contributed by atoms with Crippen molar-refractivity contribution in [2.24, 2.45) is 7.05 Å². The van der Waals surface area contributed by atoms with Crippen molar-refractivity contribution < 1.29 is 4.79 Å². The Kier molecular flexibility index (Phi) is 4.95. The van der Waals surface area contributed by atoms with E-state index in [1.54, 1.807) is 4.68 Å². The Balaban J connectivity index is 1.54. The molecular weight excluding hydrogens is 438 g/mol. The minimum atomic E-state index is 0.169. The van der Waals surface area contributed by atoms with E-state index in [1.807, 2.05) is 50.2 Å². The van der Waals surface area contributed by atoms with E-state index in [9.17, 15) is 4.79 Å². The topological polar surface area (TPSA) is 73.2 Å². The highest BCUT2D eigenvalue weighted by Crippen LogP contribution is 2.44. The van der Waals surface area contributed by atoms with E-state index in [2.05, 4.69) is 20.6 Å². The quantitative estimate of drug-likeness (QED) is 0.398. The second-order valence-corrected chi connectivity index (χ2v) is 9.50. The molecule has 6 rings (SSSR count). The van der Waals surface area contributed by atoms with Crippen molar-refractivity contribution in [1.29, 1.82) is 0 Å². The largest absolute Gasteiger partial charge is 0.335 e. The monoisotopic (exact) mass is 465 g/mol. The molecule has 8 heteroatoms. The molecule has 0 saturated heterocycles. The van der Waals surface area contributed by atoms with Crippen molar-refractivity contribution >= 4 is 22.5 Å². The van der Waals surface area contributed by atoms with Gasteiger partial charge in [0.25, 0.3) is 0 Å². The Morgan fingerprint density at radius 2 is 2.00 bits per heavy atom. The molecule has 1 aromatic carbocycles. The first kappa shape index (κ1) is 21.5. The Bertz CT molecular complexity index is 1530. The fourth-order valence-corrected chi connectivity index (χ4v) is 5.21. The van der Waals surface area contributed by atoms with Gasteiger partial charge in [-0.2, -0.15) is 5.10 Å². The first-order chi connectivity index (χ1) is 17.0. The molecule has 1 aliphatic heterocycles. The summed E-state index contributed by atoms with van der Waals surface area (Å²) in [7, 11) is 1.87. The van der Waals surface area contributed by atoms with Crippen LogP contribution in [0.25, 0.3) is 38.3 Å². The van der Waals surface area contributed by atoms with Gasteiger partial charge in [-0.1, -0.05) is 19.1 Å². The lowest BCUT2D eigenvalue weighted by molar-refractivity contribution is -0.132. The SMILES string of the molecule is [C-]#[N+]c1cc2c(-c3nc(C4CC4)n4c3CN(C(=O)CC)CC4)cccc2nc1-c1cn(C)nc1C. The number of hydrogen-bond donors (Lipinski definition) is 0. The molecule has 35 heavy (non-hydrogen) atoms. The van der Waals surface area contributed by atoms with Crippen LogP contribution in [0.3, 0.4) is 0 Å². The predicted octanol–water partition coefficient (Wildman–Crippen LogP) is 4.99. The number of benzene rings is 1. The number of amides is 1. The Morgan fingerprint density at radius 3 is 2.69 bits per heavy atom. The zero-order valence-corrected chi connectivity index (χ0v) is 20.2. The average Bonchev–Trinajstić information content (AvgIpc) is 3.57. The van der Waals surface area contributed by atoms with Crippen LogP contribution in [0.5, 0.6) is 0 Å². The van der Waals surface area contributed by atoms with Gasteiger partial charge < -0.3 is 9.47 Å². The molecule has 4 heterocycles. The van der Waals surface area contributed by atoms with Gasteiger partial charge in [0.2, 0.25) is 11.6 Å². The first-order valence-electron chi connectivity index (χ1n) is 12.2. The van der Waals surface area contributed by atoms with E-state index in [0.29, 0.717) is 30.3 Å². The van der Waals surface area contributed by atoms with Gasteiger partial charge in [-0.3, -0.25) is 14.5 Å². The number of aromatic nitrogens is 5. The summed E-state index contributed by atoms with van der Waals surface area (Å²) < 4.78 is 4.09. The summed E-state index contributed by atoms with van der Waals surface area (Å²) in [6, 6.07) is 7.99. The van der Waals surface area contributed by atoms with Crippen LogP contribution in [0.1, 0.15) is 49.3 Å². The third-order valence-electron chi connectivity index (χ3n) is 7.12. The van der Waals surface area contributed by atoms with Crippen molar-refractivity contribution in [1.82, 2.24) is 29.2 Å². The average molecular weight is 466 g/mol. The number of imidazole rings is 1. The minimum Gasteiger partial charge on any atom is -0.335 e. The lowest BCUT2D eigenvalue weighted by atomic mass is 10.0. The van der Waals surface area contributed by atoms with Crippen molar-refractivity contribution in [3.8, 4) is 22.5 Å². The fraction of sp³-hybridized carbons (Fsp3) is 0.370. The highest BCUT2D eigenvalue weighted by Gasteiger charge is 2.34. The molecule has 1 aliphatic carbocycles. The number of rotatable bonds is 4. The summed E-state index contributed by atoms with van der Waals surface area (Å²) in [6.45, 7) is 13.8. The number of carbonyl (C=O) groups excluding carboxylic acids is 1. The number of fused-ring (bicyclic) bond motifs is 2. The molecule has 0 atom stereocenters. The van der Waals surface area contributed by atoms with Crippen molar-refractivity contribution in [3.63, 3.8) is 0 Å². The minimum absolute atomic E-state index is 0.169. The summed E-state index contributed by atoms with van der Waals surface area (Å²) in [5, 5.41) is 5.35. The lowest BCUT2D eigenvalue weighted by Gasteiger charge is -2.29. The summed E-state index contributed by atoms with van der Waals surface area (Å²) in [5.41, 5.74) is 6.65. The molecule has 0 unspecified atom stereocenters. The maximum absolute atomic E-state index is 12.5. The molecule has 0 spiro atoms. The van der Waals surface area contributed by atoms with Crippen molar-refractivity contribution in [2.75, 3.05) is 6.54 Å². The molecular formula is C27H27N7O. The number of aryl methyl sites for hydroxylation is 2. The Morgan fingerprint density at radius 1 is 1.17 bits per heavy atom. The third kappa shape index (κ3) is 3.50. The summed E-state index contributed by atoms with van der Waals surface area (Å²) in [6.07, 6.45) is 4.75. The van der Waals surface area contributed by atoms with Crippen molar-refractivity contribution in [3.05, 3.63) is 59.1 Å². The number of hydrogen-bond acceptors (Lipinski definition) is 4. The molecule has 0 bridgehead atoms. The third-order valence-corrected chi connectivity index (χ3v) is 7.12. The van der Waals surface area contributed by atoms with Gasteiger partial charge in [-0.25, -0.2) is 9.83 Å². The number of nitrogens with zero attached hydrogens (tertiary/aromatic N) is 7. The van der Waals surface area contributed by atoms with Crippen LogP contribution in [-0.4, -0.2) is 41.7 Å². The van der Waals surface area contributed by atoms with Crippen LogP contribution in [0.4, 0.5) is 5.69 Å². The first-order valence-corrected chi connectivity index (χ1v) is 12.2. The van der Waals surface area contributed by atoms with Gasteiger partial charge in [-0.15, -0.1) is 0 Å². The van der Waals surface area contributed by atoms with Gasteiger partial charge in [0.15, 0.2) is 0 Å². The molecule has 4 aromatic rings. The molecule has 8 nitrogen and oxygen atoms in total. The van der Waals surface area contributed by atoms with Crippen LogP contribution >= 0.6 is 0 Å². The standard InChI is InChI=1S/C27H27N7O/c1-5-24(35)33-11-12-34-23(15-33)26(30-27(34)17-9-10-17)18-7-6-8-21-19(18)13-22(28-3)25(29-21)20-14-32(4)31-16(20)2/h6-8,13-14,17H,5,9-12,15H2,1-2,4H3. The zero-order valence-electron chi connectivity index (χ0n) is 20.2. The van der Waals surface area contributed by atoms with E-state index in [1.165, 1.54) is 12.8 Å². The molecule has 0 N–H and O–H groups in total. The number of pyridine rings is 1. The molecule has 3 aromatic heterocycles. The summed E-state index contributed by atoms with van der Waals surface area (Å²) in [5.74, 6) is 1.81. The molecule has 1 amide bonds. The van der Waals surface area contributed by atoms with Crippen molar-refractivity contribution in [2.45, 2.75) is 52.1 Å². The second kappa shape index (κ2) is 8.05. The van der Waals surface area contributed by atoms with E-state index in [4.69, 9.17) is 16.5 Å². The van der Waals surface area contributed by atoms with Gasteiger partial charge in [-0.05, 0) is 37.3 Å². The molecule has 176 valence electrons. The van der Waals surface area contributed by atoms with E-state index in [-0.39, 0.29) is 5.91 Å². The smallest absolute Gasteiger partial charge is 0.222 e. The Labute approximate surface area is 204 Å². The van der Waals surface area contributed by atoms with E-state index < -0.39 is 0 Å². The molecule has 0 radical (unpaired) electrons. The summed E-state index contributed by atoms with van der Waals surface area (Å²) in [4.78, 5) is 28.4. The van der Waals surface area contributed by atoms with Crippen LogP contribution in [0.2, 0.25) is 0 Å². The van der Waals surface area contributed by atoms with Crippen LogP contribution < -0.4 is 0 Å². The number of carbonyl (C=O) groups is 1. The molecule has 1 saturated carbocycles. The highest BCUT2D eigenvalue weighted by molar-refractivity contribution is 5.99.